The Balaban J connectivity index is 1.73. The smallest absolute Gasteiger partial charge is 0.119 e. The van der Waals surface area contributed by atoms with Crippen LogP contribution < -0.4 is 4.74 Å². The van der Waals surface area contributed by atoms with Gasteiger partial charge in [-0.2, -0.15) is 0 Å². The molecule has 0 N–H and O–H groups in total. The van der Waals surface area contributed by atoms with Crippen molar-refractivity contribution in [2.24, 2.45) is 0 Å². The van der Waals surface area contributed by atoms with Crippen molar-refractivity contribution in [1.82, 2.24) is 0 Å². The molecule has 0 heterocycles. The van der Waals surface area contributed by atoms with E-state index in [-0.39, 0.29) is 0 Å². The van der Waals surface area contributed by atoms with Crippen LogP contribution in [0.4, 0.5) is 0 Å². The Morgan fingerprint density at radius 1 is 0.731 bits per heavy atom. The molecule has 0 fully saturated rings. The molecule has 0 radical (unpaired) electrons. The summed E-state index contributed by atoms with van der Waals surface area (Å²) >= 11 is 0. The summed E-state index contributed by atoms with van der Waals surface area (Å²) in [5, 5.41) is 0. The van der Waals surface area contributed by atoms with E-state index in [1.807, 2.05) is 6.07 Å². The van der Waals surface area contributed by atoms with Crippen LogP contribution >= 0.6 is 0 Å². The number of rotatable bonds is 11. The van der Waals surface area contributed by atoms with Crippen LogP contribution in [0, 0.1) is 0 Å². The SMILES string of the molecule is CC[N+](CC)(CC)CCCCOc1ccc(C=Cc2ccccc2)cc1. The van der Waals surface area contributed by atoms with E-state index in [4.69, 9.17) is 4.74 Å². The highest BCUT2D eigenvalue weighted by atomic mass is 16.5. The third-order valence-electron chi connectivity index (χ3n) is 5.46. The maximum Gasteiger partial charge on any atom is 0.119 e. The second-order valence-corrected chi connectivity index (χ2v) is 6.88. The topological polar surface area (TPSA) is 9.23 Å². The molecule has 26 heavy (non-hydrogen) atoms. The first-order valence-electron chi connectivity index (χ1n) is 10.0. The van der Waals surface area contributed by atoms with Crippen molar-refractivity contribution >= 4 is 12.2 Å². The quantitative estimate of drug-likeness (QED) is 0.278. The van der Waals surface area contributed by atoms with E-state index in [0.717, 1.165) is 18.8 Å². The minimum absolute atomic E-state index is 0.802. The van der Waals surface area contributed by atoms with Gasteiger partial charge in [0.1, 0.15) is 5.75 Å². The lowest BCUT2D eigenvalue weighted by Crippen LogP contribution is -2.48. The Kier molecular flexibility index (Phi) is 8.43. The van der Waals surface area contributed by atoms with E-state index in [1.54, 1.807) is 0 Å². The van der Waals surface area contributed by atoms with Crippen LogP contribution in [0.2, 0.25) is 0 Å². The molecular weight excluding hydrogens is 318 g/mol. The van der Waals surface area contributed by atoms with Gasteiger partial charge in [0.05, 0.1) is 32.8 Å². The van der Waals surface area contributed by atoms with Crippen molar-refractivity contribution in [2.45, 2.75) is 33.6 Å². The molecule has 2 rings (SSSR count). The van der Waals surface area contributed by atoms with Gasteiger partial charge in [-0.3, -0.25) is 0 Å². The molecule has 0 aliphatic carbocycles. The monoisotopic (exact) mass is 352 g/mol. The van der Waals surface area contributed by atoms with Gasteiger partial charge in [-0.1, -0.05) is 54.6 Å². The summed E-state index contributed by atoms with van der Waals surface area (Å²) in [6.45, 7) is 12.7. The molecule has 2 aromatic rings. The summed E-state index contributed by atoms with van der Waals surface area (Å²) in [5.74, 6) is 0.962. The summed E-state index contributed by atoms with van der Waals surface area (Å²) in [7, 11) is 0. The van der Waals surface area contributed by atoms with Crippen LogP contribution in [-0.2, 0) is 0 Å². The van der Waals surface area contributed by atoms with Gasteiger partial charge in [0.15, 0.2) is 0 Å². The largest absolute Gasteiger partial charge is 0.494 e. The molecule has 0 saturated heterocycles. The molecule has 0 atom stereocenters. The molecule has 2 heteroatoms. The Labute approximate surface area is 159 Å². The summed E-state index contributed by atoms with van der Waals surface area (Å²) in [6.07, 6.45) is 6.62. The van der Waals surface area contributed by atoms with Crippen LogP contribution in [0.3, 0.4) is 0 Å². The molecular formula is C24H34NO+. The number of nitrogens with zero attached hydrogens (tertiary/aromatic N) is 1. The highest BCUT2D eigenvalue weighted by Crippen LogP contribution is 2.15. The van der Waals surface area contributed by atoms with E-state index in [1.165, 1.54) is 48.2 Å². The van der Waals surface area contributed by atoms with Gasteiger partial charge in [-0.25, -0.2) is 0 Å². The Bertz CT molecular complexity index is 633. The van der Waals surface area contributed by atoms with E-state index < -0.39 is 0 Å². The minimum Gasteiger partial charge on any atom is -0.494 e. The summed E-state index contributed by atoms with van der Waals surface area (Å²) in [5.41, 5.74) is 2.41. The zero-order valence-electron chi connectivity index (χ0n) is 16.7. The molecule has 0 aliphatic heterocycles. The Hall–Kier alpha value is -2.06. The van der Waals surface area contributed by atoms with E-state index in [9.17, 15) is 0 Å². The maximum absolute atomic E-state index is 5.91. The van der Waals surface area contributed by atoms with Gasteiger partial charge >= 0.3 is 0 Å². The first kappa shape index (κ1) is 20.3. The van der Waals surface area contributed by atoms with Gasteiger partial charge < -0.3 is 9.22 Å². The van der Waals surface area contributed by atoms with E-state index in [2.05, 4.69) is 81.5 Å². The predicted molar refractivity (Wildman–Crippen MR) is 113 cm³/mol. The number of ether oxygens (including phenoxy) is 1. The van der Waals surface area contributed by atoms with Crippen LogP contribution in [0.1, 0.15) is 44.7 Å². The number of benzene rings is 2. The third kappa shape index (κ3) is 6.34. The average molecular weight is 353 g/mol. The van der Waals surface area contributed by atoms with Crippen molar-refractivity contribution in [2.75, 3.05) is 32.8 Å². The van der Waals surface area contributed by atoms with E-state index in [0.29, 0.717) is 0 Å². The zero-order valence-corrected chi connectivity index (χ0v) is 16.7. The van der Waals surface area contributed by atoms with Crippen molar-refractivity contribution < 1.29 is 9.22 Å². The Morgan fingerprint density at radius 3 is 1.88 bits per heavy atom. The molecule has 0 aromatic heterocycles. The standard InChI is InChI=1S/C24H34NO/c1-4-25(5-2,6-3)20-10-11-21-26-24-18-16-23(17-19-24)15-14-22-12-8-7-9-13-22/h7-9,12-19H,4-6,10-11,20-21H2,1-3H3/q+1. The average Bonchev–Trinajstić information content (AvgIpc) is 2.71. The fourth-order valence-corrected chi connectivity index (χ4v) is 3.32. The molecule has 0 amide bonds. The molecule has 0 unspecified atom stereocenters. The summed E-state index contributed by atoms with van der Waals surface area (Å²) < 4.78 is 7.13. The molecule has 140 valence electrons. The molecule has 0 saturated carbocycles. The maximum atomic E-state index is 5.91. The lowest BCUT2D eigenvalue weighted by atomic mass is 10.1. The van der Waals surface area contributed by atoms with Crippen LogP contribution in [0.25, 0.3) is 12.2 Å². The predicted octanol–water partition coefficient (Wildman–Crippen LogP) is 5.89. The Morgan fingerprint density at radius 2 is 1.31 bits per heavy atom. The lowest BCUT2D eigenvalue weighted by molar-refractivity contribution is -0.923. The van der Waals surface area contributed by atoms with Crippen molar-refractivity contribution in [3.63, 3.8) is 0 Å². The van der Waals surface area contributed by atoms with Crippen molar-refractivity contribution in [1.29, 1.82) is 0 Å². The van der Waals surface area contributed by atoms with Crippen LogP contribution in [-0.4, -0.2) is 37.3 Å². The second kappa shape index (κ2) is 10.8. The van der Waals surface area contributed by atoms with Gasteiger partial charge in [0.2, 0.25) is 0 Å². The zero-order chi connectivity index (χ0) is 18.7. The highest BCUT2D eigenvalue weighted by Gasteiger charge is 2.19. The number of hydrogen-bond acceptors (Lipinski definition) is 1. The summed E-state index contributed by atoms with van der Waals surface area (Å²) in [6, 6.07) is 18.7. The first-order chi connectivity index (χ1) is 12.7. The summed E-state index contributed by atoms with van der Waals surface area (Å²) in [4.78, 5) is 0. The first-order valence-corrected chi connectivity index (χ1v) is 10.0. The fraction of sp³-hybridized carbons (Fsp3) is 0.417. The minimum atomic E-state index is 0.802. The van der Waals surface area contributed by atoms with Gasteiger partial charge in [0.25, 0.3) is 0 Å². The van der Waals surface area contributed by atoms with E-state index >= 15 is 0 Å². The van der Waals surface area contributed by atoms with Crippen LogP contribution in [0.5, 0.6) is 5.75 Å². The van der Waals surface area contributed by atoms with Gasteiger partial charge in [-0.15, -0.1) is 0 Å². The number of hydrogen-bond donors (Lipinski definition) is 0. The molecule has 0 aliphatic rings. The highest BCUT2D eigenvalue weighted by molar-refractivity contribution is 5.69. The molecule has 0 spiro atoms. The normalized spacial score (nSPS) is 11.8. The number of quaternary nitrogens is 1. The number of unbranched alkanes of at least 4 members (excludes halogenated alkanes) is 1. The van der Waals surface area contributed by atoms with Crippen molar-refractivity contribution in [3.05, 3.63) is 65.7 Å². The van der Waals surface area contributed by atoms with Crippen LogP contribution in [0.15, 0.2) is 54.6 Å². The molecule has 0 bridgehead atoms. The lowest BCUT2D eigenvalue weighted by Gasteiger charge is -2.35. The molecule has 2 aromatic carbocycles. The van der Waals surface area contributed by atoms with Gasteiger partial charge in [-0.05, 0) is 56.9 Å². The fourth-order valence-electron chi connectivity index (χ4n) is 3.32. The van der Waals surface area contributed by atoms with Crippen molar-refractivity contribution in [3.8, 4) is 5.75 Å². The molecule has 2 nitrogen and oxygen atoms in total. The van der Waals surface area contributed by atoms with Gasteiger partial charge in [0, 0.05) is 0 Å². The second-order valence-electron chi connectivity index (χ2n) is 6.88. The third-order valence-corrected chi connectivity index (χ3v) is 5.46.